The molecule has 24 heavy (non-hydrogen) atoms. The molecule has 0 spiro atoms. The first kappa shape index (κ1) is 17.9. The summed E-state index contributed by atoms with van der Waals surface area (Å²) < 4.78 is 15.4. The predicted molar refractivity (Wildman–Crippen MR) is 86.1 cm³/mol. The van der Waals surface area contributed by atoms with Crippen molar-refractivity contribution in [1.29, 1.82) is 0 Å². The summed E-state index contributed by atoms with van der Waals surface area (Å²) in [6, 6.07) is 4.89. The van der Waals surface area contributed by atoms with E-state index in [0.29, 0.717) is 17.2 Å². The number of anilines is 1. The van der Waals surface area contributed by atoms with E-state index >= 15 is 0 Å². The van der Waals surface area contributed by atoms with Gasteiger partial charge >= 0.3 is 6.09 Å². The predicted octanol–water partition coefficient (Wildman–Crippen LogP) is 1.58. The molecule has 1 aromatic rings. The standard InChI is InChI=1S/C16H22N2O6/c1-15(2)16(3,21)18(14(20)24-15)9-13(19)17-10-6-7-11(22-4)12(8-10)23-5/h6-8,21H,9H2,1-5H3,(H,17,19)/t16-/m0/s1. The molecule has 8 nitrogen and oxygen atoms in total. The Morgan fingerprint density at radius 3 is 2.38 bits per heavy atom. The molecule has 132 valence electrons. The number of rotatable bonds is 5. The van der Waals surface area contributed by atoms with Gasteiger partial charge < -0.3 is 24.6 Å². The summed E-state index contributed by atoms with van der Waals surface area (Å²) >= 11 is 0. The van der Waals surface area contributed by atoms with Gasteiger partial charge in [-0.15, -0.1) is 0 Å². The molecule has 0 saturated carbocycles. The fraction of sp³-hybridized carbons (Fsp3) is 0.500. The lowest BCUT2D eigenvalue weighted by Gasteiger charge is -2.34. The molecular weight excluding hydrogens is 316 g/mol. The van der Waals surface area contributed by atoms with Crippen LogP contribution in [0.25, 0.3) is 0 Å². The lowest BCUT2D eigenvalue weighted by molar-refractivity contribution is -0.137. The SMILES string of the molecule is COc1ccc(NC(=O)CN2C(=O)OC(C)(C)[C@]2(C)O)cc1OC. The van der Waals surface area contributed by atoms with E-state index in [1.807, 2.05) is 0 Å². The van der Waals surface area contributed by atoms with Crippen LogP contribution in [0.1, 0.15) is 20.8 Å². The first-order valence-corrected chi connectivity index (χ1v) is 7.37. The summed E-state index contributed by atoms with van der Waals surface area (Å²) in [6.07, 6.45) is -0.743. The monoisotopic (exact) mass is 338 g/mol. The quantitative estimate of drug-likeness (QED) is 0.846. The maximum atomic E-state index is 12.2. The molecule has 1 saturated heterocycles. The molecule has 1 aromatic carbocycles. The average molecular weight is 338 g/mol. The van der Waals surface area contributed by atoms with Crippen LogP contribution in [0.4, 0.5) is 10.5 Å². The van der Waals surface area contributed by atoms with Crippen molar-refractivity contribution in [3.63, 3.8) is 0 Å². The molecule has 8 heteroatoms. The minimum Gasteiger partial charge on any atom is -0.493 e. The highest BCUT2D eigenvalue weighted by atomic mass is 16.6. The van der Waals surface area contributed by atoms with Crippen LogP contribution in [0.5, 0.6) is 11.5 Å². The third kappa shape index (κ3) is 3.09. The molecule has 0 unspecified atom stereocenters. The maximum absolute atomic E-state index is 12.2. The van der Waals surface area contributed by atoms with Crippen LogP contribution >= 0.6 is 0 Å². The molecule has 1 atom stereocenters. The van der Waals surface area contributed by atoms with Crippen molar-refractivity contribution in [3.05, 3.63) is 18.2 Å². The van der Waals surface area contributed by atoms with Crippen molar-refractivity contribution in [2.75, 3.05) is 26.1 Å². The Bertz CT molecular complexity index is 656. The number of hydrogen-bond donors (Lipinski definition) is 2. The van der Waals surface area contributed by atoms with E-state index in [1.165, 1.54) is 21.1 Å². The molecule has 1 aliphatic rings. The largest absolute Gasteiger partial charge is 0.493 e. The van der Waals surface area contributed by atoms with Gasteiger partial charge in [0.15, 0.2) is 22.8 Å². The molecule has 2 rings (SSSR count). The van der Waals surface area contributed by atoms with Gasteiger partial charge in [-0.05, 0) is 32.9 Å². The van der Waals surface area contributed by atoms with Crippen molar-refractivity contribution in [2.24, 2.45) is 0 Å². The average Bonchev–Trinajstić information content (AvgIpc) is 2.65. The summed E-state index contributed by atoms with van der Waals surface area (Å²) in [4.78, 5) is 25.1. The first-order valence-electron chi connectivity index (χ1n) is 7.37. The fourth-order valence-corrected chi connectivity index (χ4v) is 2.35. The number of hydrogen-bond acceptors (Lipinski definition) is 6. The van der Waals surface area contributed by atoms with Crippen molar-refractivity contribution in [1.82, 2.24) is 4.90 Å². The third-order valence-electron chi connectivity index (χ3n) is 4.20. The molecule has 2 amide bonds. The van der Waals surface area contributed by atoms with E-state index < -0.39 is 23.3 Å². The Balaban J connectivity index is 2.10. The Labute approximate surface area is 140 Å². The molecular formula is C16H22N2O6. The third-order valence-corrected chi connectivity index (χ3v) is 4.20. The number of carbonyl (C=O) groups excluding carboxylic acids is 2. The van der Waals surface area contributed by atoms with E-state index in [4.69, 9.17) is 14.2 Å². The summed E-state index contributed by atoms with van der Waals surface area (Å²) in [5.41, 5.74) is -2.24. The Morgan fingerprint density at radius 2 is 1.88 bits per heavy atom. The van der Waals surface area contributed by atoms with Crippen LogP contribution in [-0.2, 0) is 9.53 Å². The van der Waals surface area contributed by atoms with Crippen LogP contribution in [0, 0.1) is 0 Å². The maximum Gasteiger partial charge on any atom is 0.413 e. The normalized spacial score (nSPS) is 22.1. The van der Waals surface area contributed by atoms with E-state index in [9.17, 15) is 14.7 Å². The second kappa shape index (κ2) is 6.20. The van der Waals surface area contributed by atoms with Crippen molar-refractivity contribution in [2.45, 2.75) is 32.1 Å². The van der Waals surface area contributed by atoms with Crippen molar-refractivity contribution in [3.8, 4) is 11.5 Å². The Hall–Kier alpha value is -2.48. The van der Waals surface area contributed by atoms with Crippen molar-refractivity contribution < 1.29 is 28.9 Å². The zero-order chi connectivity index (χ0) is 18.1. The molecule has 1 aliphatic heterocycles. The molecule has 0 aliphatic carbocycles. The highest BCUT2D eigenvalue weighted by Gasteiger charge is 2.56. The summed E-state index contributed by atoms with van der Waals surface area (Å²) in [5.74, 6) is 0.518. The number of nitrogens with one attached hydrogen (secondary N) is 1. The number of carbonyl (C=O) groups is 2. The number of ether oxygens (including phenoxy) is 3. The topological polar surface area (TPSA) is 97.3 Å². The molecule has 1 heterocycles. The molecule has 0 bridgehead atoms. The fourth-order valence-electron chi connectivity index (χ4n) is 2.35. The highest BCUT2D eigenvalue weighted by Crippen LogP contribution is 2.36. The second-order valence-corrected chi connectivity index (χ2v) is 6.10. The number of amides is 2. The van der Waals surface area contributed by atoms with Gasteiger partial charge in [0, 0.05) is 11.8 Å². The van der Waals surface area contributed by atoms with Crippen LogP contribution in [0.3, 0.4) is 0 Å². The number of methoxy groups -OCH3 is 2. The number of nitrogens with zero attached hydrogens (tertiary/aromatic N) is 1. The molecule has 0 radical (unpaired) electrons. The minimum atomic E-state index is -1.60. The minimum absolute atomic E-state index is 0.344. The summed E-state index contributed by atoms with van der Waals surface area (Å²) in [5, 5.41) is 13.1. The van der Waals surface area contributed by atoms with Crippen LogP contribution in [0.15, 0.2) is 18.2 Å². The number of cyclic esters (lactones) is 1. The van der Waals surface area contributed by atoms with Gasteiger partial charge in [-0.25, -0.2) is 4.79 Å². The molecule has 1 fully saturated rings. The zero-order valence-electron chi connectivity index (χ0n) is 14.4. The van der Waals surface area contributed by atoms with Crippen LogP contribution in [-0.4, -0.2) is 54.1 Å². The van der Waals surface area contributed by atoms with Gasteiger partial charge in [-0.1, -0.05) is 0 Å². The second-order valence-electron chi connectivity index (χ2n) is 6.10. The number of benzene rings is 1. The smallest absolute Gasteiger partial charge is 0.413 e. The zero-order valence-corrected chi connectivity index (χ0v) is 14.4. The number of aliphatic hydroxyl groups is 1. The van der Waals surface area contributed by atoms with E-state index in [-0.39, 0.29) is 6.54 Å². The van der Waals surface area contributed by atoms with Crippen molar-refractivity contribution >= 4 is 17.7 Å². The Morgan fingerprint density at radius 1 is 1.25 bits per heavy atom. The van der Waals surface area contributed by atoms with Crippen LogP contribution in [0.2, 0.25) is 0 Å². The van der Waals surface area contributed by atoms with Gasteiger partial charge in [-0.2, -0.15) is 0 Å². The van der Waals surface area contributed by atoms with Gasteiger partial charge in [0.2, 0.25) is 5.91 Å². The van der Waals surface area contributed by atoms with E-state index in [1.54, 1.807) is 32.0 Å². The first-order chi connectivity index (χ1) is 11.1. The Kier molecular flexibility index (Phi) is 4.61. The van der Waals surface area contributed by atoms with Crippen LogP contribution < -0.4 is 14.8 Å². The van der Waals surface area contributed by atoms with Gasteiger partial charge in [0.1, 0.15) is 6.54 Å². The van der Waals surface area contributed by atoms with Gasteiger partial charge in [0.25, 0.3) is 0 Å². The highest BCUT2D eigenvalue weighted by molar-refractivity contribution is 5.94. The lowest BCUT2D eigenvalue weighted by Crippen LogP contribution is -2.55. The van der Waals surface area contributed by atoms with Gasteiger partial charge in [-0.3, -0.25) is 9.69 Å². The molecule has 0 aromatic heterocycles. The van der Waals surface area contributed by atoms with Gasteiger partial charge in [0.05, 0.1) is 14.2 Å². The molecule has 2 N–H and O–H groups in total. The lowest BCUT2D eigenvalue weighted by atomic mass is 9.96. The van der Waals surface area contributed by atoms with E-state index in [0.717, 1.165) is 4.90 Å². The summed E-state index contributed by atoms with van der Waals surface area (Å²) in [6.45, 7) is 4.25. The van der Waals surface area contributed by atoms with E-state index in [2.05, 4.69) is 5.32 Å². The summed E-state index contributed by atoms with van der Waals surface area (Å²) in [7, 11) is 3.00.